The van der Waals surface area contributed by atoms with Crippen molar-refractivity contribution in [1.82, 2.24) is 10.2 Å². The smallest absolute Gasteiger partial charge is 0.416 e. The molecular weight excluding hydrogens is 372 g/mol. The van der Waals surface area contributed by atoms with Gasteiger partial charge in [-0.2, -0.15) is 13.2 Å². The Bertz CT molecular complexity index is 769. The van der Waals surface area contributed by atoms with Crippen molar-refractivity contribution in [2.24, 2.45) is 0 Å². The highest BCUT2D eigenvalue weighted by Crippen LogP contribution is 2.29. The van der Waals surface area contributed by atoms with Crippen LogP contribution in [0.5, 0.6) is 5.75 Å². The average molecular weight is 396 g/mol. The van der Waals surface area contributed by atoms with Crippen LogP contribution in [0.3, 0.4) is 0 Å². The van der Waals surface area contributed by atoms with Crippen LogP contribution in [0.2, 0.25) is 0 Å². The number of ether oxygens (including phenoxy) is 1. The van der Waals surface area contributed by atoms with Crippen molar-refractivity contribution < 1.29 is 22.3 Å². The molecule has 0 spiro atoms. The first kappa shape index (κ1) is 20.6. The summed E-state index contributed by atoms with van der Waals surface area (Å²) in [7, 11) is 2.09. The van der Waals surface area contributed by atoms with E-state index in [-0.39, 0.29) is 12.4 Å². The van der Waals surface area contributed by atoms with Crippen molar-refractivity contribution in [3.05, 3.63) is 65.0 Å². The first-order chi connectivity index (χ1) is 13.3. The van der Waals surface area contributed by atoms with E-state index in [1.165, 1.54) is 24.3 Å². The SMILES string of the molecule is CN1CCC(NCc2cc(F)ccc2OCc2ccc(C(F)(F)F)cc2)CC1. The Morgan fingerprint density at radius 2 is 1.75 bits per heavy atom. The molecule has 1 fully saturated rings. The van der Waals surface area contributed by atoms with Gasteiger partial charge >= 0.3 is 6.18 Å². The number of likely N-dealkylation sites (tertiary alicyclic amines) is 1. The molecule has 0 aliphatic carbocycles. The molecule has 1 heterocycles. The number of nitrogens with zero attached hydrogens (tertiary/aromatic N) is 1. The lowest BCUT2D eigenvalue weighted by atomic mass is 10.0. The lowest BCUT2D eigenvalue weighted by Crippen LogP contribution is -2.40. The largest absolute Gasteiger partial charge is 0.489 e. The Morgan fingerprint density at radius 1 is 1.07 bits per heavy atom. The summed E-state index contributed by atoms with van der Waals surface area (Å²) in [6.07, 6.45) is -2.29. The van der Waals surface area contributed by atoms with Crippen molar-refractivity contribution in [2.75, 3.05) is 20.1 Å². The number of nitrogens with one attached hydrogen (secondary N) is 1. The van der Waals surface area contributed by atoms with Gasteiger partial charge in [-0.15, -0.1) is 0 Å². The molecule has 3 nitrogen and oxygen atoms in total. The minimum Gasteiger partial charge on any atom is -0.489 e. The van der Waals surface area contributed by atoms with Crippen LogP contribution >= 0.6 is 0 Å². The first-order valence-electron chi connectivity index (χ1n) is 9.30. The molecule has 3 rings (SSSR count). The molecule has 2 aromatic carbocycles. The zero-order chi connectivity index (χ0) is 20.1. The fraction of sp³-hybridized carbons (Fsp3) is 0.429. The van der Waals surface area contributed by atoms with Gasteiger partial charge in [-0.05, 0) is 68.9 Å². The van der Waals surface area contributed by atoms with E-state index in [0.29, 0.717) is 29.5 Å². The summed E-state index contributed by atoms with van der Waals surface area (Å²) in [4.78, 5) is 2.28. The molecule has 1 N–H and O–H groups in total. The second-order valence-electron chi connectivity index (χ2n) is 7.19. The molecule has 7 heteroatoms. The number of alkyl halides is 3. The van der Waals surface area contributed by atoms with Gasteiger partial charge in [0.15, 0.2) is 0 Å². The van der Waals surface area contributed by atoms with E-state index in [4.69, 9.17) is 4.74 Å². The summed E-state index contributed by atoms with van der Waals surface area (Å²) < 4.78 is 57.4. The second kappa shape index (κ2) is 8.92. The van der Waals surface area contributed by atoms with E-state index in [0.717, 1.165) is 38.1 Å². The van der Waals surface area contributed by atoms with Gasteiger partial charge in [0.25, 0.3) is 0 Å². The van der Waals surface area contributed by atoms with E-state index >= 15 is 0 Å². The molecule has 2 aromatic rings. The summed E-state index contributed by atoms with van der Waals surface area (Å²) in [5, 5.41) is 3.45. The number of benzene rings is 2. The molecule has 0 radical (unpaired) electrons. The molecule has 0 bridgehead atoms. The topological polar surface area (TPSA) is 24.5 Å². The fourth-order valence-electron chi connectivity index (χ4n) is 3.25. The molecule has 1 aliphatic heterocycles. The summed E-state index contributed by atoms with van der Waals surface area (Å²) in [6, 6.07) is 9.54. The van der Waals surface area contributed by atoms with Gasteiger partial charge < -0.3 is 15.0 Å². The van der Waals surface area contributed by atoms with Gasteiger partial charge in [0.1, 0.15) is 18.2 Å². The van der Waals surface area contributed by atoms with Crippen LogP contribution in [0.15, 0.2) is 42.5 Å². The highest BCUT2D eigenvalue weighted by molar-refractivity contribution is 5.34. The molecule has 1 aliphatic rings. The quantitative estimate of drug-likeness (QED) is 0.722. The van der Waals surface area contributed by atoms with Crippen LogP contribution in [0.1, 0.15) is 29.5 Å². The van der Waals surface area contributed by atoms with Gasteiger partial charge in [0.05, 0.1) is 5.56 Å². The van der Waals surface area contributed by atoms with Gasteiger partial charge in [-0.25, -0.2) is 4.39 Å². The normalized spacial score (nSPS) is 16.3. The Balaban J connectivity index is 1.60. The zero-order valence-corrected chi connectivity index (χ0v) is 15.7. The Labute approximate surface area is 162 Å². The maximum atomic E-state index is 13.7. The number of hydrogen-bond acceptors (Lipinski definition) is 3. The van der Waals surface area contributed by atoms with Crippen LogP contribution in [0.25, 0.3) is 0 Å². The predicted molar refractivity (Wildman–Crippen MR) is 99.5 cm³/mol. The van der Waals surface area contributed by atoms with Crippen molar-refractivity contribution in [2.45, 2.75) is 38.2 Å². The van der Waals surface area contributed by atoms with Crippen LogP contribution in [0.4, 0.5) is 17.6 Å². The monoisotopic (exact) mass is 396 g/mol. The number of hydrogen-bond donors (Lipinski definition) is 1. The van der Waals surface area contributed by atoms with Crippen LogP contribution in [-0.2, 0) is 19.3 Å². The average Bonchev–Trinajstić information content (AvgIpc) is 2.66. The Hall–Kier alpha value is -2.12. The van der Waals surface area contributed by atoms with Gasteiger partial charge in [0, 0.05) is 18.2 Å². The molecule has 0 saturated carbocycles. The molecule has 152 valence electrons. The summed E-state index contributed by atoms with van der Waals surface area (Å²) in [5.74, 6) is 0.184. The predicted octanol–water partition coefficient (Wildman–Crippen LogP) is 4.61. The minimum absolute atomic E-state index is 0.116. The van der Waals surface area contributed by atoms with Crippen LogP contribution < -0.4 is 10.1 Å². The number of piperidine rings is 1. The molecule has 0 unspecified atom stereocenters. The zero-order valence-electron chi connectivity index (χ0n) is 15.7. The highest BCUT2D eigenvalue weighted by atomic mass is 19.4. The van der Waals surface area contributed by atoms with Crippen molar-refractivity contribution >= 4 is 0 Å². The Kier molecular flexibility index (Phi) is 6.57. The molecule has 0 atom stereocenters. The van der Waals surface area contributed by atoms with Crippen molar-refractivity contribution in [3.8, 4) is 5.75 Å². The molecule has 1 saturated heterocycles. The van der Waals surface area contributed by atoms with E-state index in [1.807, 2.05) is 0 Å². The van der Waals surface area contributed by atoms with Crippen LogP contribution in [-0.4, -0.2) is 31.1 Å². The third kappa shape index (κ3) is 5.69. The first-order valence-corrected chi connectivity index (χ1v) is 9.30. The second-order valence-corrected chi connectivity index (χ2v) is 7.19. The van der Waals surface area contributed by atoms with E-state index in [9.17, 15) is 17.6 Å². The summed E-state index contributed by atoms with van der Waals surface area (Å²) in [5.41, 5.74) is 0.624. The number of halogens is 4. The fourth-order valence-corrected chi connectivity index (χ4v) is 3.25. The Morgan fingerprint density at radius 3 is 2.39 bits per heavy atom. The van der Waals surface area contributed by atoms with Gasteiger partial charge in [-0.3, -0.25) is 0 Å². The van der Waals surface area contributed by atoms with Crippen molar-refractivity contribution in [1.29, 1.82) is 0 Å². The van der Waals surface area contributed by atoms with E-state index < -0.39 is 11.7 Å². The third-order valence-electron chi connectivity index (χ3n) is 5.00. The minimum atomic E-state index is -4.36. The van der Waals surface area contributed by atoms with Crippen molar-refractivity contribution in [3.63, 3.8) is 0 Å². The van der Waals surface area contributed by atoms with E-state index in [2.05, 4.69) is 17.3 Å². The summed E-state index contributed by atoms with van der Waals surface area (Å²) >= 11 is 0. The molecule has 0 amide bonds. The molecular formula is C21H24F4N2O. The van der Waals surface area contributed by atoms with Gasteiger partial charge in [0.2, 0.25) is 0 Å². The maximum Gasteiger partial charge on any atom is 0.416 e. The van der Waals surface area contributed by atoms with Gasteiger partial charge in [-0.1, -0.05) is 12.1 Å². The van der Waals surface area contributed by atoms with E-state index in [1.54, 1.807) is 6.07 Å². The standard InChI is InChI=1S/C21H24F4N2O/c1-27-10-8-19(9-11-27)26-13-16-12-18(22)6-7-20(16)28-14-15-2-4-17(5-3-15)21(23,24)25/h2-7,12,19,26H,8-11,13-14H2,1H3. The lowest BCUT2D eigenvalue weighted by Gasteiger charge is -2.29. The summed E-state index contributed by atoms with van der Waals surface area (Å²) in [6.45, 7) is 2.65. The third-order valence-corrected chi connectivity index (χ3v) is 5.00. The molecule has 28 heavy (non-hydrogen) atoms. The number of rotatable bonds is 6. The lowest BCUT2D eigenvalue weighted by molar-refractivity contribution is -0.137. The maximum absolute atomic E-state index is 13.7. The van der Waals surface area contributed by atoms with Crippen LogP contribution in [0, 0.1) is 5.82 Å². The molecule has 0 aromatic heterocycles. The highest BCUT2D eigenvalue weighted by Gasteiger charge is 2.29.